The van der Waals surface area contributed by atoms with Crippen molar-refractivity contribution in [3.63, 3.8) is 0 Å². The highest BCUT2D eigenvalue weighted by Crippen LogP contribution is 2.30. The summed E-state index contributed by atoms with van der Waals surface area (Å²) in [5.41, 5.74) is -0.454. The van der Waals surface area contributed by atoms with Crippen LogP contribution in [0, 0.1) is 10.1 Å². The summed E-state index contributed by atoms with van der Waals surface area (Å²) in [4.78, 5) is 10.1. The van der Waals surface area contributed by atoms with Crippen molar-refractivity contribution < 1.29 is 18.1 Å². The maximum absolute atomic E-state index is 11.6. The van der Waals surface area contributed by atoms with Gasteiger partial charge in [-0.05, 0) is 6.07 Å². The van der Waals surface area contributed by atoms with Gasteiger partial charge in [0.2, 0.25) is 10.0 Å². The Bertz CT molecular complexity index is 628. The molecule has 9 nitrogen and oxygen atoms in total. The van der Waals surface area contributed by atoms with Crippen molar-refractivity contribution >= 4 is 21.4 Å². The number of hydrogen-bond acceptors (Lipinski definition) is 7. The van der Waals surface area contributed by atoms with Crippen molar-refractivity contribution in [2.75, 3.05) is 31.6 Å². The van der Waals surface area contributed by atoms with Gasteiger partial charge < -0.3 is 15.4 Å². The van der Waals surface area contributed by atoms with Gasteiger partial charge in [-0.25, -0.2) is 13.6 Å². The number of primary sulfonamides is 1. The van der Waals surface area contributed by atoms with Crippen LogP contribution in [0.15, 0.2) is 23.1 Å². The molecule has 1 aromatic rings. The van der Waals surface area contributed by atoms with E-state index in [-0.39, 0.29) is 28.9 Å². The highest BCUT2D eigenvalue weighted by Gasteiger charge is 2.24. The lowest BCUT2D eigenvalue weighted by Gasteiger charge is -2.24. The van der Waals surface area contributed by atoms with E-state index in [1.54, 1.807) is 0 Å². The van der Waals surface area contributed by atoms with E-state index in [2.05, 4.69) is 10.6 Å². The van der Waals surface area contributed by atoms with E-state index in [0.717, 1.165) is 6.54 Å². The minimum Gasteiger partial charge on any atom is -0.376 e. The van der Waals surface area contributed by atoms with E-state index in [9.17, 15) is 18.5 Å². The number of nitro benzene ring substituents is 1. The molecule has 0 spiro atoms. The highest BCUT2D eigenvalue weighted by molar-refractivity contribution is 7.89. The monoisotopic (exact) mass is 316 g/mol. The number of anilines is 1. The minimum atomic E-state index is -4.07. The van der Waals surface area contributed by atoms with Gasteiger partial charge in [-0.3, -0.25) is 10.1 Å². The van der Waals surface area contributed by atoms with Crippen LogP contribution in [0.4, 0.5) is 11.4 Å². The van der Waals surface area contributed by atoms with E-state index in [1.807, 2.05) is 0 Å². The van der Waals surface area contributed by atoms with Crippen LogP contribution >= 0.6 is 0 Å². The number of sulfonamides is 1. The molecular formula is C11H16N4O5S. The summed E-state index contributed by atoms with van der Waals surface area (Å²) in [6.45, 7) is 2.09. The zero-order valence-electron chi connectivity index (χ0n) is 11.1. The van der Waals surface area contributed by atoms with Gasteiger partial charge >= 0.3 is 0 Å². The predicted octanol–water partition coefficient (Wildman–Crippen LogP) is -0.358. The van der Waals surface area contributed by atoms with Crippen molar-refractivity contribution in [1.82, 2.24) is 5.32 Å². The fourth-order valence-electron chi connectivity index (χ4n) is 2.05. The Morgan fingerprint density at radius 2 is 2.29 bits per heavy atom. The first-order chi connectivity index (χ1) is 9.89. The topological polar surface area (TPSA) is 137 Å². The van der Waals surface area contributed by atoms with Crippen LogP contribution in [-0.4, -0.2) is 45.7 Å². The van der Waals surface area contributed by atoms with E-state index in [0.29, 0.717) is 13.2 Å². The number of nitrogens with two attached hydrogens (primary N) is 1. The molecular weight excluding hydrogens is 300 g/mol. The van der Waals surface area contributed by atoms with Crippen LogP contribution < -0.4 is 15.8 Å². The zero-order chi connectivity index (χ0) is 15.5. The first kappa shape index (κ1) is 15.6. The average Bonchev–Trinajstić information content (AvgIpc) is 2.44. The van der Waals surface area contributed by atoms with Crippen molar-refractivity contribution in [3.8, 4) is 0 Å². The van der Waals surface area contributed by atoms with E-state index in [1.165, 1.54) is 18.2 Å². The van der Waals surface area contributed by atoms with E-state index >= 15 is 0 Å². The quantitative estimate of drug-likeness (QED) is 0.498. The third-order valence-electron chi connectivity index (χ3n) is 3.02. The number of hydrogen-bond donors (Lipinski definition) is 3. The van der Waals surface area contributed by atoms with E-state index in [4.69, 9.17) is 9.88 Å². The van der Waals surface area contributed by atoms with Gasteiger partial charge in [-0.2, -0.15) is 0 Å². The molecule has 2 rings (SSSR count). The Morgan fingerprint density at radius 1 is 1.52 bits per heavy atom. The first-order valence-corrected chi connectivity index (χ1v) is 7.80. The molecule has 1 aliphatic rings. The lowest BCUT2D eigenvalue weighted by molar-refractivity contribution is -0.384. The van der Waals surface area contributed by atoms with Crippen molar-refractivity contribution in [1.29, 1.82) is 0 Å². The lowest BCUT2D eigenvalue weighted by atomic mass is 10.2. The Labute approximate surface area is 121 Å². The molecule has 0 amide bonds. The summed E-state index contributed by atoms with van der Waals surface area (Å²) in [6.07, 6.45) is -0.202. The van der Waals surface area contributed by atoms with Crippen molar-refractivity contribution in [2.24, 2.45) is 5.14 Å². The summed E-state index contributed by atoms with van der Waals surface area (Å²) < 4.78 is 28.6. The number of nitrogens with one attached hydrogen (secondary N) is 2. The van der Waals surface area contributed by atoms with Gasteiger partial charge in [0.15, 0.2) is 0 Å². The SMILES string of the molecule is NS(=O)(=O)c1cccc([N+](=O)[O-])c1NCC1CNCCO1. The van der Waals surface area contributed by atoms with Gasteiger partial charge in [0.05, 0.1) is 17.6 Å². The second-order valence-electron chi connectivity index (χ2n) is 4.53. The predicted molar refractivity (Wildman–Crippen MR) is 75.6 cm³/mol. The Hall–Kier alpha value is -1.75. The van der Waals surface area contributed by atoms with Crippen LogP contribution in [0.25, 0.3) is 0 Å². The summed E-state index contributed by atoms with van der Waals surface area (Å²) in [7, 11) is -4.07. The van der Waals surface area contributed by atoms with Gasteiger partial charge in [0, 0.05) is 25.7 Å². The third-order valence-corrected chi connectivity index (χ3v) is 3.97. The van der Waals surface area contributed by atoms with E-state index < -0.39 is 14.9 Å². The molecule has 0 bridgehead atoms. The average molecular weight is 316 g/mol. The molecule has 1 atom stereocenters. The standard InChI is InChI=1S/C11H16N4O5S/c12-21(18,19)10-3-1-2-9(15(16)17)11(10)14-7-8-6-13-4-5-20-8/h1-3,8,13-14H,4-7H2,(H2,12,18,19). The van der Waals surface area contributed by atoms with Crippen molar-refractivity contribution in [3.05, 3.63) is 28.3 Å². The van der Waals surface area contributed by atoms with Crippen molar-refractivity contribution in [2.45, 2.75) is 11.0 Å². The molecule has 0 radical (unpaired) electrons. The minimum absolute atomic E-state index is 0.112. The molecule has 1 aliphatic heterocycles. The fraction of sp³-hybridized carbons (Fsp3) is 0.455. The number of para-hydroxylation sites is 1. The maximum atomic E-state index is 11.6. The van der Waals surface area contributed by atoms with Gasteiger partial charge in [-0.15, -0.1) is 0 Å². The summed E-state index contributed by atoms with van der Waals surface area (Å²) in [5.74, 6) is 0. The number of nitro groups is 1. The Balaban J connectivity index is 2.28. The molecule has 0 aliphatic carbocycles. The highest BCUT2D eigenvalue weighted by atomic mass is 32.2. The second kappa shape index (κ2) is 6.35. The molecule has 21 heavy (non-hydrogen) atoms. The summed E-state index contributed by atoms with van der Waals surface area (Å²) >= 11 is 0. The van der Waals surface area contributed by atoms with Gasteiger partial charge in [0.1, 0.15) is 10.6 Å². The number of benzene rings is 1. The number of ether oxygens (including phenoxy) is 1. The molecule has 1 unspecified atom stereocenters. The van der Waals surface area contributed by atoms with Crippen LogP contribution in [0.1, 0.15) is 0 Å². The Morgan fingerprint density at radius 3 is 2.86 bits per heavy atom. The first-order valence-electron chi connectivity index (χ1n) is 6.26. The second-order valence-corrected chi connectivity index (χ2v) is 6.06. The number of morpholine rings is 1. The van der Waals surface area contributed by atoms with Gasteiger partial charge in [0.25, 0.3) is 5.69 Å². The normalized spacial score (nSPS) is 19.2. The van der Waals surface area contributed by atoms with Crippen LogP contribution in [0.2, 0.25) is 0 Å². The fourth-order valence-corrected chi connectivity index (χ4v) is 2.78. The van der Waals surface area contributed by atoms with Crippen LogP contribution in [0.5, 0.6) is 0 Å². The zero-order valence-corrected chi connectivity index (χ0v) is 11.9. The smallest absolute Gasteiger partial charge is 0.293 e. The van der Waals surface area contributed by atoms with Crippen LogP contribution in [0.3, 0.4) is 0 Å². The molecule has 1 heterocycles. The Kier molecular flexibility index (Phi) is 4.73. The number of nitrogens with zero attached hydrogens (tertiary/aromatic N) is 1. The largest absolute Gasteiger partial charge is 0.376 e. The molecule has 1 saturated heterocycles. The number of rotatable bonds is 5. The maximum Gasteiger partial charge on any atom is 0.293 e. The molecule has 1 aromatic carbocycles. The lowest BCUT2D eigenvalue weighted by Crippen LogP contribution is -2.42. The molecule has 0 aromatic heterocycles. The van der Waals surface area contributed by atoms with Crippen LogP contribution in [-0.2, 0) is 14.8 Å². The van der Waals surface area contributed by atoms with Gasteiger partial charge in [-0.1, -0.05) is 6.07 Å². The molecule has 10 heteroatoms. The summed E-state index contributed by atoms with van der Waals surface area (Å²) in [5, 5.41) is 22.0. The molecule has 1 fully saturated rings. The molecule has 0 saturated carbocycles. The third kappa shape index (κ3) is 3.88. The molecule has 4 N–H and O–H groups in total. The summed E-state index contributed by atoms with van der Waals surface area (Å²) in [6, 6.07) is 3.73. The molecule has 116 valence electrons.